The predicted octanol–water partition coefficient (Wildman–Crippen LogP) is 3.06. The highest BCUT2D eigenvalue weighted by atomic mass is 16.3. The van der Waals surface area contributed by atoms with Crippen LogP contribution in [-0.4, -0.2) is 21.3 Å². The summed E-state index contributed by atoms with van der Waals surface area (Å²) in [5.41, 5.74) is 3.46. The number of aliphatic hydroxyl groups excluding tert-OH is 1. The fourth-order valence-electron chi connectivity index (χ4n) is 2.66. The van der Waals surface area contributed by atoms with Crippen molar-refractivity contribution < 1.29 is 5.11 Å². The molecular weight excluding hydrogens is 260 g/mol. The molecule has 2 aromatic carbocycles. The van der Waals surface area contributed by atoms with Crippen LogP contribution in [0.15, 0.2) is 73.2 Å². The number of hydrogen-bond acceptors (Lipinski definition) is 2. The molecule has 1 heterocycles. The first kappa shape index (κ1) is 13.6. The second kappa shape index (κ2) is 6.37. The standard InChI is InChI=1S/C18H18N2O/c21-12-11-17-13-19-14-20(17)18(15-7-3-1-4-8-15)16-9-5-2-6-10-16/h1-10,13-14,18,21H,11-12H2. The molecule has 0 unspecified atom stereocenters. The molecule has 1 N–H and O–H groups in total. The Kier molecular flexibility index (Phi) is 4.12. The Morgan fingerprint density at radius 3 is 2.00 bits per heavy atom. The van der Waals surface area contributed by atoms with Gasteiger partial charge in [0.15, 0.2) is 0 Å². The molecule has 0 fully saturated rings. The topological polar surface area (TPSA) is 38.1 Å². The van der Waals surface area contributed by atoms with Gasteiger partial charge in [-0.05, 0) is 11.1 Å². The summed E-state index contributed by atoms with van der Waals surface area (Å²) >= 11 is 0. The second-order valence-corrected chi connectivity index (χ2v) is 4.99. The molecule has 3 heteroatoms. The number of rotatable bonds is 5. The lowest BCUT2D eigenvalue weighted by Gasteiger charge is -2.22. The molecule has 3 nitrogen and oxygen atoms in total. The molecule has 0 spiro atoms. The van der Waals surface area contributed by atoms with Crippen LogP contribution in [0.2, 0.25) is 0 Å². The first-order valence-corrected chi connectivity index (χ1v) is 7.11. The van der Waals surface area contributed by atoms with Gasteiger partial charge in [0.25, 0.3) is 0 Å². The van der Waals surface area contributed by atoms with E-state index in [1.807, 2.05) is 48.9 Å². The Hall–Kier alpha value is -2.39. The second-order valence-electron chi connectivity index (χ2n) is 4.99. The van der Waals surface area contributed by atoms with Gasteiger partial charge in [-0.2, -0.15) is 0 Å². The van der Waals surface area contributed by atoms with Crippen molar-refractivity contribution in [3.8, 4) is 0 Å². The lowest BCUT2D eigenvalue weighted by molar-refractivity contribution is 0.296. The lowest BCUT2D eigenvalue weighted by atomic mass is 9.98. The van der Waals surface area contributed by atoms with Gasteiger partial charge in [0.2, 0.25) is 0 Å². The zero-order valence-electron chi connectivity index (χ0n) is 11.8. The third kappa shape index (κ3) is 2.88. The molecule has 0 radical (unpaired) electrons. The van der Waals surface area contributed by atoms with Crippen LogP contribution in [0, 0.1) is 0 Å². The molecule has 0 atom stereocenters. The fraction of sp³-hybridized carbons (Fsp3) is 0.167. The van der Waals surface area contributed by atoms with Gasteiger partial charge < -0.3 is 9.67 Å². The molecule has 0 amide bonds. The quantitative estimate of drug-likeness (QED) is 0.779. The SMILES string of the molecule is OCCc1cncn1C(c1ccccc1)c1ccccc1. The van der Waals surface area contributed by atoms with Gasteiger partial charge in [0.1, 0.15) is 0 Å². The number of aromatic nitrogens is 2. The Bertz CT molecular complexity index is 637. The average Bonchev–Trinajstić information content (AvgIpc) is 2.98. The average molecular weight is 278 g/mol. The fourth-order valence-corrected chi connectivity index (χ4v) is 2.66. The first-order chi connectivity index (χ1) is 10.4. The summed E-state index contributed by atoms with van der Waals surface area (Å²) in [6.07, 6.45) is 4.28. The maximum absolute atomic E-state index is 9.24. The van der Waals surface area contributed by atoms with Crippen molar-refractivity contribution in [2.24, 2.45) is 0 Å². The van der Waals surface area contributed by atoms with Gasteiger partial charge in [-0.3, -0.25) is 0 Å². The van der Waals surface area contributed by atoms with Gasteiger partial charge in [0.05, 0.1) is 12.4 Å². The van der Waals surface area contributed by atoms with Crippen LogP contribution in [0.1, 0.15) is 22.9 Å². The highest BCUT2D eigenvalue weighted by Gasteiger charge is 2.18. The van der Waals surface area contributed by atoms with E-state index >= 15 is 0 Å². The van der Waals surface area contributed by atoms with Crippen LogP contribution >= 0.6 is 0 Å². The van der Waals surface area contributed by atoms with Crippen LogP contribution in [0.25, 0.3) is 0 Å². The van der Waals surface area contributed by atoms with E-state index in [1.54, 1.807) is 0 Å². The van der Waals surface area contributed by atoms with Gasteiger partial charge in [-0.25, -0.2) is 4.98 Å². The maximum atomic E-state index is 9.24. The van der Waals surface area contributed by atoms with Crippen molar-refractivity contribution in [2.75, 3.05) is 6.61 Å². The van der Waals surface area contributed by atoms with E-state index in [4.69, 9.17) is 0 Å². The highest BCUT2D eigenvalue weighted by Crippen LogP contribution is 2.27. The molecule has 0 saturated carbocycles. The summed E-state index contributed by atoms with van der Waals surface area (Å²) in [6, 6.07) is 20.8. The van der Waals surface area contributed by atoms with E-state index in [9.17, 15) is 5.11 Å². The van der Waals surface area contributed by atoms with E-state index < -0.39 is 0 Å². The minimum Gasteiger partial charge on any atom is -0.396 e. The summed E-state index contributed by atoms with van der Waals surface area (Å²) in [6.45, 7) is 0.127. The molecule has 3 aromatic rings. The van der Waals surface area contributed by atoms with Crippen LogP contribution in [0.5, 0.6) is 0 Å². The Labute approximate surface area is 124 Å². The number of hydrogen-bond donors (Lipinski definition) is 1. The minimum absolute atomic E-state index is 0.0800. The molecule has 0 saturated heterocycles. The third-order valence-corrected chi connectivity index (χ3v) is 3.62. The molecule has 3 rings (SSSR count). The van der Waals surface area contributed by atoms with Crippen molar-refractivity contribution in [3.63, 3.8) is 0 Å². The van der Waals surface area contributed by atoms with Crippen molar-refractivity contribution >= 4 is 0 Å². The highest BCUT2D eigenvalue weighted by molar-refractivity contribution is 5.33. The number of nitrogens with zero attached hydrogens (tertiary/aromatic N) is 2. The molecule has 21 heavy (non-hydrogen) atoms. The van der Waals surface area contributed by atoms with Crippen molar-refractivity contribution in [3.05, 3.63) is 90.0 Å². The Morgan fingerprint density at radius 2 is 1.48 bits per heavy atom. The molecule has 106 valence electrons. The molecule has 0 aliphatic rings. The summed E-state index contributed by atoms with van der Waals surface area (Å²) in [4.78, 5) is 4.26. The maximum Gasteiger partial charge on any atom is 0.0956 e. The van der Waals surface area contributed by atoms with E-state index in [0.29, 0.717) is 6.42 Å². The Balaban J connectivity index is 2.11. The third-order valence-electron chi connectivity index (χ3n) is 3.62. The van der Waals surface area contributed by atoms with Gasteiger partial charge in [-0.1, -0.05) is 60.7 Å². The molecule has 1 aromatic heterocycles. The van der Waals surface area contributed by atoms with Crippen molar-refractivity contribution in [2.45, 2.75) is 12.5 Å². The van der Waals surface area contributed by atoms with E-state index in [1.165, 1.54) is 11.1 Å². The first-order valence-electron chi connectivity index (χ1n) is 7.11. The number of aliphatic hydroxyl groups is 1. The molecular formula is C18H18N2O. The van der Waals surface area contributed by atoms with E-state index in [0.717, 1.165) is 5.69 Å². The summed E-state index contributed by atoms with van der Waals surface area (Å²) in [7, 11) is 0. The number of benzene rings is 2. The normalized spacial score (nSPS) is 11.0. The van der Waals surface area contributed by atoms with E-state index in [-0.39, 0.29) is 12.6 Å². The number of imidazole rings is 1. The monoisotopic (exact) mass is 278 g/mol. The minimum atomic E-state index is 0.0800. The molecule has 0 bridgehead atoms. The smallest absolute Gasteiger partial charge is 0.0956 e. The zero-order valence-corrected chi connectivity index (χ0v) is 11.8. The van der Waals surface area contributed by atoms with Crippen molar-refractivity contribution in [1.29, 1.82) is 0 Å². The van der Waals surface area contributed by atoms with E-state index in [2.05, 4.69) is 33.8 Å². The van der Waals surface area contributed by atoms with Gasteiger partial charge in [-0.15, -0.1) is 0 Å². The molecule has 0 aliphatic carbocycles. The lowest BCUT2D eigenvalue weighted by Crippen LogP contribution is -2.14. The van der Waals surface area contributed by atoms with Crippen LogP contribution in [0.3, 0.4) is 0 Å². The van der Waals surface area contributed by atoms with Crippen LogP contribution in [-0.2, 0) is 6.42 Å². The van der Waals surface area contributed by atoms with Crippen LogP contribution in [0.4, 0.5) is 0 Å². The van der Waals surface area contributed by atoms with Gasteiger partial charge >= 0.3 is 0 Å². The largest absolute Gasteiger partial charge is 0.396 e. The zero-order chi connectivity index (χ0) is 14.5. The summed E-state index contributed by atoms with van der Waals surface area (Å²) in [5.74, 6) is 0. The summed E-state index contributed by atoms with van der Waals surface area (Å²) < 4.78 is 2.14. The Morgan fingerprint density at radius 1 is 0.905 bits per heavy atom. The molecule has 0 aliphatic heterocycles. The van der Waals surface area contributed by atoms with Gasteiger partial charge in [0, 0.05) is 24.9 Å². The van der Waals surface area contributed by atoms with Crippen LogP contribution < -0.4 is 0 Å². The van der Waals surface area contributed by atoms with Crippen molar-refractivity contribution in [1.82, 2.24) is 9.55 Å². The summed E-state index contributed by atoms with van der Waals surface area (Å²) in [5, 5.41) is 9.24. The predicted molar refractivity (Wildman–Crippen MR) is 83.1 cm³/mol.